The van der Waals surface area contributed by atoms with Crippen LogP contribution >= 0.6 is 0 Å². The van der Waals surface area contributed by atoms with Gasteiger partial charge in [-0.2, -0.15) is 0 Å². The Labute approximate surface area is 145 Å². The van der Waals surface area contributed by atoms with Crippen LogP contribution in [-0.4, -0.2) is 52.7 Å². The molecule has 7 nitrogen and oxygen atoms in total. The highest BCUT2D eigenvalue weighted by Gasteiger charge is 2.39. The average molecular weight is 353 g/mol. The van der Waals surface area contributed by atoms with Gasteiger partial charge in [0.2, 0.25) is 0 Å². The van der Waals surface area contributed by atoms with Gasteiger partial charge >= 0.3 is 11.9 Å². The standard InChI is InChI=1S/C14H20FN3.C3H4O4/c1-2-18-8-7-13-12(9-18)14(17-16-13)10-3-5-11(15)6-4-10;4-2(5)1-3(6)7/h3-6,12-14,16-17H,2,7-9H2,1H3;1H2,(H,4,5)(H,6,7). The van der Waals surface area contributed by atoms with E-state index in [0.717, 1.165) is 13.1 Å². The number of hydrogen-bond donors (Lipinski definition) is 4. The summed E-state index contributed by atoms with van der Waals surface area (Å²) in [6, 6.07) is 7.71. The Morgan fingerprint density at radius 2 is 1.84 bits per heavy atom. The minimum atomic E-state index is -1.31. The first kappa shape index (κ1) is 19.3. The molecule has 4 N–H and O–H groups in total. The van der Waals surface area contributed by atoms with Gasteiger partial charge in [-0.25, -0.2) is 9.82 Å². The number of hydrogen-bond acceptors (Lipinski definition) is 5. The van der Waals surface area contributed by atoms with E-state index in [2.05, 4.69) is 22.7 Å². The summed E-state index contributed by atoms with van der Waals surface area (Å²) in [5.41, 5.74) is 7.95. The number of halogens is 1. The second-order valence-electron chi connectivity index (χ2n) is 6.23. The predicted octanol–water partition coefficient (Wildman–Crippen LogP) is 1.23. The quantitative estimate of drug-likeness (QED) is 0.604. The van der Waals surface area contributed by atoms with E-state index in [0.29, 0.717) is 18.0 Å². The number of aliphatic carboxylic acids is 2. The van der Waals surface area contributed by atoms with Gasteiger partial charge in [0.05, 0.1) is 6.04 Å². The number of nitrogens with zero attached hydrogens (tertiary/aromatic N) is 1. The second kappa shape index (κ2) is 8.89. The molecule has 0 radical (unpaired) electrons. The van der Waals surface area contributed by atoms with Crippen molar-refractivity contribution in [2.75, 3.05) is 19.6 Å². The van der Waals surface area contributed by atoms with Crippen LogP contribution in [0.4, 0.5) is 4.39 Å². The molecule has 3 atom stereocenters. The van der Waals surface area contributed by atoms with Crippen molar-refractivity contribution < 1.29 is 24.2 Å². The van der Waals surface area contributed by atoms with E-state index in [1.54, 1.807) is 12.1 Å². The first-order valence-corrected chi connectivity index (χ1v) is 8.33. The van der Waals surface area contributed by atoms with Crippen LogP contribution in [-0.2, 0) is 9.59 Å². The van der Waals surface area contributed by atoms with Crippen LogP contribution < -0.4 is 10.9 Å². The van der Waals surface area contributed by atoms with Gasteiger partial charge < -0.3 is 15.1 Å². The molecule has 1 aromatic rings. The molecule has 0 aliphatic carbocycles. The van der Waals surface area contributed by atoms with Gasteiger partial charge in [0.15, 0.2) is 0 Å². The number of piperidine rings is 1. The summed E-state index contributed by atoms with van der Waals surface area (Å²) in [7, 11) is 0. The number of carboxylic acid groups (broad SMARTS) is 2. The van der Waals surface area contributed by atoms with Crippen molar-refractivity contribution in [3.8, 4) is 0 Å². The summed E-state index contributed by atoms with van der Waals surface area (Å²) in [6.07, 6.45) is 0.378. The Bertz CT molecular complexity index is 584. The van der Waals surface area contributed by atoms with Gasteiger partial charge in [-0.15, -0.1) is 0 Å². The number of rotatable bonds is 4. The number of carboxylic acids is 2. The number of carbonyl (C=O) groups is 2. The summed E-state index contributed by atoms with van der Waals surface area (Å²) < 4.78 is 13.0. The highest BCUT2D eigenvalue weighted by Crippen LogP contribution is 2.33. The minimum Gasteiger partial charge on any atom is -0.481 e. The zero-order valence-corrected chi connectivity index (χ0v) is 14.1. The van der Waals surface area contributed by atoms with Crippen molar-refractivity contribution in [1.29, 1.82) is 0 Å². The van der Waals surface area contributed by atoms with Crippen molar-refractivity contribution in [3.05, 3.63) is 35.6 Å². The number of hydrazine groups is 1. The molecule has 2 aliphatic rings. The molecule has 138 valence electrons. The molecule has 3 rings (SSSR count). The molecule has 0 aromatic heterocycles. The van der Waals surface area contributed by atoms with E-state index in [4.69, 9.17) is 10.2 Å². The molecule has 2 fully saturated rings. The first-order valence-electron chi connectivity index (χ1n) is 8.33. The van der Waals surface area contributed by atoms with Crippen molar-refractivity contribution in [3.63, 3.8) is 0 Å². The van der Waals surface area contributed by atoms with Crippen LogP contribution in [0.5, 0.6) is 0 Å². The highest BCUT2D eigenvalue weighted by atomic mass is 19.1. The molecule has 0 amide bonds. The minimum absolute atomic E-state index is 0.167. The Hall–Kier alpha value is -2.03. The highest BCUT2D eigenvalue weighted by molar-refractivity contribution is 5.88. The van der Waals surface area contributed by atoms with E-state index < -0.39 is 18.4 Å². The molecule has 2 heterocycles. The maximum atomic E-state index is 13.0. The smallest absolute Gasteiger partial charge is 0.314 e. The molecule has 0 saturated carbocycles. The number of fused-ring (bicyclic) bond motifs is 1. The van der Waals surface area contributed by atoms with Crippen molar-refractivity contribution in [2.24, 2.45) is 5.92 Å². The molecule has 0 bridgehead atoms. The number of nitrogens with one attached hydrogen (secondary N) is 2. The van der Waals surface area contributed by atoms with Crippen molar-refractivity contribution >= 4 is 11.9 Å². The maximum absolute atomic E-state index is 13.0. The molecule has 25 heavy (non-hydrogen) atoms. The monoisotopic (exact) mass is 353 g/mol. The van der Waals surface area contributed by atoms with Crippen molar-refractivity contribution in [2.45, 2.75) is 31.8 Å². The zero-order chi connectivity index (χ0) is 18.4. The fourth-order valence-electron chi connectivity index (χ4n) is 3.29. The SMILES string of the molecule is CCN1CCC2NNC(c3ccc(F)cc3)C2C1.O=C(O)CC(=O)O. The summed E-state index contributed by atoms with van der Waals surface area (Å²) >= 11 is 0. The maximum Gasteiger partial charge on any atom is 0.314 e. The van der Waals surface area contributed by atoms with Gasteiger partial charge in [-0.3, -0.25) is 15.0 Å². The average Bonchev–Trinajstić information content (AvgIpc) is 2.98. The van der Waals surface area contributed by atoms with Crippen LogP contribution in [0.15, 0.2) is 24.3 Å². The predicted molar refractivity (Wildman–Crippen MR) is 89.3 cm³/mol. The molecule has 2 aliphatic heterocycles. The normalized spacial score (nSPS) is 25.6. The topological polar surface area (TPSA) is 102 Å². The van der Waals surface area contributed by atoms with E-state index in [1.807, 2.05) is 12.1 Å². The van der Waals surface area contributed by atoms with Crippen LogP contribution in [0.2, 0.25) is 0 Å². The number of benzene rings is 1. The van der Waals surface area contributed by atoms with E-state index in [-0.39, 0.29) is 5.82 Å². The van der Waals surface area contributed by atoms with Gasteiger partial charge in [0.25, 0.3) is 0 Å². The van der Waals surface area contributed by atoms with E-state index >= 15 is 0 Å². The van der Waals surface area contributed by atoms with Crippen molar-refractivity contribution in [1.82, 2.24) is 15.8 Å². The fourth-order valence-corrected chi connectivity index (χ4v) is 3.29. The first-order chi connectivity index (χ1) is 11.9. The number of likely N-dealkylation sites (tertiary alicyclic amines) is 1. The lowest BCUT2D eigenvalue weighted by molar-refractivity contribution is -0.147. The molecule has 0 spiro atoms. The summed E-state index contributed by atoms with van der Waals surface area (Å²) in [6.45, 7) is 5.61. The van der Waals surface area contributed by atoms with Crippen LogP contribution in [0.1, 0.15) is 31.4 Å². The largest absolute Gasteiger partial charge is 0.481 e. The van der Waals surface area contributed by atoms with E-state index in [1.165, 1.54) is 18.5 Å². The van der Waals surface area contributed by atoms with E-state index in [9.17, 15) is 14.0 Å². The third-order valence-electron chi connectivity index (χ3n) is 4.57. The third kappa shape index (κ3) is 5.48. The molecular weight excluding hydrogens is 329 g/mol. The summed E-state index contributed by atoms with van der Waals surface area (Å²) in [5.74, 6) is -2.22. The zero-order valence-electron chi connectivity index (χ0n) is 14.1. The molecule has 3 unspecified atom stereocenters. The van der Waals surface area contributed by atoms with Crippen LogP contribution in [0.25, 0.3) is 0 Å². The summed E-state index contributed by atoms with van der Waals surface area (Å²) in [4.78, 5) is 21.4. The summed E-state index contributed by atoms with van der Waals surface area (Å²) in [5, 5.41) is 15.4. The molecule has 8 heteroatoms. The van der Waals surface area contributed by atoms with Gasteiger partial charge in [0.1, 0.15) is 12.2 Å². The Balaban J connectivity index is 0.000000277. The lowest BCUT2D eigenvalue weighted by atomic mass is 9.85. The Kier molecular flexibility index (Phi) is 6.86. The van der Waals surface area contributed by atoms with Gasteiger partial charge in [-0.05, 0) is 37.2 Å². The Morgan fingerprint density at radius 3 is 2.36 bits per heavy atom. The lowest BCUT2D eigenvalue weighted by Crippen LogP contribution is -2.45. The van der Waals surface area contributed by atoms with Crippen LogP contribution in [0.3, 0.4) is 0 Å². The Morgan fingerprint density at radius 1 is 1.20 bits per heavy atom. The molecule has 2 saturated heterocycles. The fraction of sp³-hybridized carbons (Fsp3) is 0.529. The third-order valence-corrected chi connectivity index (χ3v) is 4.57. The van der Waals surface area contributed by atoms with Crippen LogP contribution in [0, 0.1) is 11.7 Å². The lowest BCUT2D eigenvalue weighted by Gasteiger charge is -2.35. The van der Waals surface area contributed by atoms with Gasteiger partial charge in [0, 0.05) is 18.5 Å². The molecule has 1 aromatic carbocycles. The second-order valence-corrected chi connectivity index (χ2v) is 6.23. The molecular formula is C17H24FN3O4. The van der Waals surface area contributed by atoms with Gasteiger partial charge in [-0.1, -0.05) is 19.1 Å².